The van der Waals surface area contributed by atoms with E-state index in [1.807, 2.05) is 18.2 Å². The molecule has 0 radical (unpaired) electrons. The number of carbonyl (C=O) groups excluding carboxylic acids is 3. The summed E-state index contributed by atoms with van der Waals surface area (Å²) in [4.78, 5) is 68.7. The number of piperazine rings is 1. The molecule has 1 atom stereocenters. The normalized spacial score (nSPS) is 23.3. The van der Waals surface area contributed by atoms with E-state index in [-0.39, 0.29) is 41.8 Å². The zero-order chi connectivity index (χ0) is 41.9. The van der Waals surface area contributed by atoms with Crippen LogP contribution in [-0.2, 0) is 28.5 Å². The molecule has 3 aromatic heterocycles. The maximum atomic E-state index is 14.3. The first-order valence-electron chi connectivity index (χ1n) is 20.2. The SMILES string of the molecule is Cn1c(=O)n(C2CCC(=O)NC2=O)c2ccc(CCN3CCN(c4nccc(-c5nc([C@]67CC[C@](CNC(=O)c8cc(F)c(O)c(F)c8F)(CC6)CC7)no5)n4)CC3)cc21. The number of fused-ring (bicyclic) bond motifs is 4. The highest BCUT2D eigenvalue weighted by Gasteiger charge is 2.51. The number of aromatic nitrogens is 6. The van der Waals surface area contributed by atoms with Crippen molar-refractivity contribution in [2.24, 2.45) is 12.5 Å². The second kappa shape index (κ2) is 15.2. The molecule has 3 N–H and O–H groups in total. The number of piperidine rings is 1. The van der Waals surface area contributed by atoms with Crippen LogP contribution in [0.1, 0.15) is 79.2 Å². The van der Waals surface area contributed by atoms with E-state index in [1.54, 1.807) is 23.9 Å². The molecule has 5 heterocycles. The minimum absolute atomic E-state index is 0.189. The molecule has 2 saturated heterocycles. The summed E-state index contributed by atoms with van der Waals surface area (Å²) in [5.74, 6) is -6.52. The van der Waals surface area contributed by atoms with Crippen LogP contribution in [0, 0.1) is 22.9 Å². The van der Waals surface area contributed by atoms with Gasteiger partial charge in [-0.15, -0.1) is 0 Å². The number of rotatable bonds is 10. The van der Waals surface area contributed by atoms with Crippen LogP contribution in [-0.4, -0.2) is 96.2 Å². The largest absolute Gasteiger partial charge is 0.503 e. The van der Waals surface area contributed by atoms with E-state index >= 15 is 0 Å². The summed E-state index contributed by atoms with van der Waals surface area (Å²) in [6.45, 7) is 4.04. The van der Waals surface area contributed by atoms with E-state index in [4.69, 9.17) is 14.5 Å². The topological polar surface area (TPSA) is 194 Å². The smallest absolute Gasteiger partial charge is 0.329 e. The lowest BCUT2D eigenvalue weighted by atomic mass is 9.53. The number of phenolic OH excluding ortho intramolecular Hbond substituents is 1. The van der Waals surface area contributed by atoms with Crippen LogP contribution in [0.25, 0.3) is 22.6 Å². The molecule has 10 rings (SSSR count). The van der Waals surface area contributed by atoms with Crippen LogP contribution in [0.4, 0.5) is 19.1 Å². The Morgan fingerprint density at radius 1 is 0.967 bits per heavy atom. The molecule has 0 spiro atoms. The van der Waals surface area contributed by atoms with Crippen LogP contribution < -0.4 is 21.2 Å². The van der Waals surface area contributed by atoms with Gasteiger partial charge in [0, 0.05) is 64.3 Å². The average molecular weight is 829 g/mol. The standard InChI is InChI=1S/C41H43F3N10O6/c1-51-29-20-23(2-3-27(29)54(39(51)59)28-4-5-30(55)48-35(28)58)7-15-52-16-18-53(19-17-52)38-45-14-6-26(47-38)36-49-37(50-60-36)41-11-8-40(9-12-41,10-13-41)22-46-34(57)24-21-25(42)33(56)32(44)31(24)43/h2-3,6,14,20-21,28,56H,4-5,7-13,15-19,22H2,1H3,(H,46,57)(H,48,55,58)/t28?,40-,41+. The maximum Gasteiger partial charge on any atom is 0.329 e. The molecule has 2 bridgehead atoms. The van der Waals surface area contributed by atoms with Crippen molar-refractivity contribution in [1.29, 1.82) is 0 Å². The van der Waals surface area contributed by atoms with Crippen LogP contribution in [0.15, 0.2) is 45.8 Å². The van der Waals surface area contributed by atoms with Crippen molar-refractivity contribution in [1.82, 2.24) is 44.8 Å². The number of imide groups is 1. The second-order valence-corrected chi connectivity index (χ2v) is 16.6. The number of hydrogen-bond donors (Lipinski definition) is 3. The number of aromatic hydroxyl groups is 1. The zero-order valence-electron chi connectivity index (χ0n) is 32.8. The van der Waals surface area contributed by atoms with Gasteiger partial charge in [0.1, 0.15) is 11.7 Å². The summed E-state index contributed by atoms with van der Waals surface area (Å²) in [6.07, 6.45) is 7.35. The number of amides is 3. The average Bonchev–Trinajstić information content (AvgIpc) is 3.87. The lowest BCUT2D eigenvalue weighted by Gasteiger charge is -2.52. The summed E-state index contributed by atoms with van der Waals surface area (Å²) in [5, 5.41) is 18.7. The zero-order valence-corrected chi connectivity index (χ0v) is 32.8. The number of aryl methyl sites for hydroxylation is 1. The molecule has 3 amide bonds. The minimum Gasteiger partial charge on any atom is -0.503 e. The fraction of sp³-hybridized carbons (Fsp3) is 0.463. The van der Waals surface area contributed by atoms with Crippen LogP contribution in [0.5, 0.6) is 5.75 Å². The maximum absolute atomic E-state index is 14.3. The Morgan fingerprint density at radius 2 is 1.72 bits per heavy atom. The van der Waals surface area contributed by atoms with Gasteiger partial charge in [-0.3, -0.25) is 33.7 Å². The number of nitrogens with zero attached hydrogens (tertiary/aromatic N) is 8. The number of carbonyl (C=O) groups is 3. The van der Waals surface area contributed by atoms with Crippen molar-refractivity contribution in [2.75, 3.05) is 44.2 Å². The number of imidazole rings is 1. The quantitative estimate of drug-likeness (QED) is 0.137. The lowest BCUT2D eigenvalue weighted by molar-refractivity contribution is -0.135. The molecule has 3 aliphatic carbocycles. The number of halogens is 3. The Hall–Kier alpha value is -6.11. The Morgan fingerprint density at radius 3 is 2.45 bits per heavy atom. The van der Waals surface area contributed by atoms with Gasteiger partial charge in [0.2, 0.25) is 23.6 Å². The van der Waals surface area contributed by atoms with Crippen molar-refractivity contribution >= 4 is 34.7 Å². The molecule has 314 valence electrons. The van der Waals surface area contributed by atoms with E-state index in [1.165, 1.54) is 4.57 Å². The van der Waals surface area contributed by atoms with E-state index < -0.39 is 46.6 Å². The van der Waals surface area contributed by atoms with Gasteiger partial charge >= 0.3 is 5.69 Å². The molecule has 19 heteroatoms. The first-order valence-corrected chi connectivity index (χ1v) is 20.2. The summed E-state index contributed by atoms with van der Waals surface area (Å²) >= 11 is 0. The van der Waals surface area contributed by atoms with Gasteiger partial charge in [-0.2, -0.15) is 9.37 Å². The van der Waals surface area contributed by atoms with E-state index in [9.17, 15) is 37.5 Å². The van der Waals surface area contributed by atoms with Gasteiger partial charge < -0.3 is 19.8 Å². The summed E-state index contributed by atoms with van der Waals surface area (Å²) < 4.78 is 50.8. The molecule has 5 fully saturated rings. The predicted octanol–water partition coefficient (Wildman–Crippen LogP) is 3.67. The third-order valence-corrected chi connectivity index (χ3v) is 13.2. The van der Waals surface area contributed by atoms with Gasteiger partial charge in [-0.25, -0.2) is 23.5 Å². The first-order chi connectivity index (χ1) is 28.8. The summed E-state index contributed by atoms with van der Waals surface area (Å²) in [6, 6.07) is 7.38. The van der Waals surface area contributed by atoms with Gasteiger partial charge in [0.15, 0.2) is 23.2 Å². The Kier molecular flexibility index (Phi) is 9.95. The Bertz CT molecular complexity index is 2570. The van der Waals surface area contributed by atoms with E-state index in [0.29, 0.717) is 48.0 Å². The molecule has 5 aromatic rings. The Balaban J connectivity index is 0.784. The molecule has 5 aliphatic rings. The fourth-order valence-electron chi connectivity index (χ4n) is 9.39. The van der Waals surface area contributed by atoms with Gasteiger partial charge in [-0.05, 0) is 86.6 Å². The summed E-state index contributed by atoms with van der Waals surface area (Å²) in [5.41, 5.74) is 1.34. The third kappa shape index (κ3) is 6.97. The van der Waals surface area contributed by atoms with Gasteiger partial charge in [0.25, 0.3) is 11.8 Å². The molecular weight excluding hydrogens is 786 g/mol. The van der Waals surface area contributed by atoms with Crippen LogP contribution in [0.3, 0.4) is 0 Å². The van der Waals surface area contributed by atoms with Crippen molar-refractivity contribution < 1.29 is 37.2 Å². The first kappa shape index (κ1) is 39.4. The number of anilines is 1. The predicted molar refractivity (Wildman–Crippen MR) is 208 cm³/mol. The molecular formula is C41H43F3N10O6. The van der Waals surface area contributed by atoms with Crippen molar-refractivity contribution in [2.45, 2.75) is 69.2 Å². The number of benzene rings is 2. The van der Waals surface area contributed by atoms with Crippen molar-refractivity contribution in [3.8, 4) is 17.3 Å². The number of phenols is 1. The summed E-state index contributed by atoms with van der Waals surface area (Å²) in [7, 11) is 1.69. The van der Waals surface area contributed by atoms with E-state index in [0.717, 1.165) is 75.7 Å². The van der Waals surface area contributed by atoms with E-state index in [2.05, 4.69) is 30.6 Å². The lowest BCUT2D eigenvalue weighted by Crippen LogP contribution is -2.49. The van der Waals surface area contributed by atoms with Gasteiger partial charge in [0.05, 0.1) is 16.6 Å². The molecule has 2 aromatic carbocycles. The van der Waals surface area contributed by atoms with Gasteiger partial charge in [-0.1, -0.05) is 11.2 Å². The monoisotopic (exact) mass is 828 g/mol. The molecule has 1 unspecified atom stereocenters. The van der Waals surface area contributed by atoms with Crippen LogP contribution in [0.2, 0.25) is 0 Å². The minimum atomic E-state index is -1.80. The fourth-order valence-corrected chi connectivity index (χ4v) is 9.39. The van der Waals surface area contributed by atoms with Crippen molar-refractivity contribution in [3.63, 3.8) is 0 Å². The number of nitrogens with one attached hydrogen (secondary N) is 2. The van der Waals surface area contributed by atoms with Crippen LogP contribution >= 0.6 is 0 Å². The second-order valence-electron chi connectivity index (χ2n) is 16.6. The van der Waals surface area contributed by atoms with Crippen molar-refractivity contribution in [3.05, 3.63) is 81.4 Å². The molecule has 2 aliphatic heterocycles. The highest BCUT2D eigenvalue weighted by Crippen LogP contribution is 2.57. The number of hydrogen-bond acceptors (Lipinski definition) is 12. The molecule has 3 saturated carbocycles. The Labute approximate surface area is 340 Å². The molecule has 60 heavy (non-hydrogen) atoms. The third-order valence-electron chi connectivity index (χ3n) is 13.2. The highest BCUT2D eigenvalue weighted by molar-refractivity contribution is 6.00. The highest BCUT2D eigenvalue weighted by atomic mass is 19.2. The molecule has 16 nitrogen and oxygen atoms in total.